The van der Waals surface area contributed by atoms with E-state index in [4.69, 9.17) is 5.11 Å². The number of hydrogen-bond donors (Lipinski definition) is 1. The first kappa shape index (κ1) is 16.7. The lowest BCUT2D eigenvalue weighted by Crippen LogP contribution is -2.03. The molecule has 1 aromatic heterocycles. The number of hydrogen-bond acceptors (Lipinski definition) is 5. The number of esters is 1. The predicted molar refractivity (Wildman–Crippen MR) is 82.2 cm³/mol. The van der Waals surface area contributed by atoms with Crippen LogP contribution in [0.15, 0.2) is 30.5 Å². The van der Waals surface area contributed by atoms with Crippen LogP contribution in [0.1, 0.15) is 28.0 Å². The van der Waals surface area contributed by atoms with Crippen LogP contribution in [0.2, 0.25) is 0 Å². The molecule has 0 fully saturated rings. The Morgan fingerprint density at radius 2 is 2.04 bits per heavy atom. The van der Waals surface area contributed by atoms with Crippen LogP contribution in [0.4, 0.5) is 4.39 Å². The molecule has 0 unspecified atom stereocenters. The normalized spacial score (nSPS) is 12.0. The summed E-state index contributed by atoms with van der Waals surface area (Å²) in [7, 11) is 2.75. The minimum absolute atomic E-state index is 0.0519. The average Bonchev–Trinajstić information content (AvgIpc) is 3.04. The molecule has 1 aromatic carbocycles. The Morgan fingerprint density at radius 3 is 2.70 bits per heavy atom. The third-order valence-corrected chi connectivity index (χ3v) is 3.48. The van der Waals surface area contributed by atoms with E-state index >= 15 is 0 Å². The van der Waals surface area contributed by atoms with Gasteiger partial charge in [0.15, 0.2) is 11.5 Å². The second-order valence-corrected chi connectivity index (χ2v) is 4.99. The summed E-state index contributed by atoms with van der Waals surface area (Å²) in [5.74, 6) is -0.624. The first-order valence-corrected chi connectivity index (χ1v) is 7.13. The highest BCUT2D eigenvalue weighted by molar-refractivity contribution is 5.89. The Labute approximate surface area is 133 Å². The highest BCUT2D eigenvalue weighted by atomic mass is 19.1. The van der Waals surface area contributed by atoms with Crippen molar-refractivity contribution in [2.75, 3.05) is 14.2 Å². The molecule has 0 amide bonds. The Bertz CT molecular complexity index is 703. The minimum Gasteiger partial charge on any atom is -0.504 e. The molecule has 2 aromatic rings. The average molecular weight is 319 g/mol. The largest absolute Gasteiger partial charge is 0.504 e. The Morgan fingerprint density at radius 1 is 1.26 bits per heavy atom. The van der Waals surface area contributed by atoms with Gasteiger partial charge in [-0.25, -0.2) is 9.18 Å². The maximum absolute atomic E-state index is 12.3. The standard InChI is InChI=1S/C10H11NO2.C7H7FO2/c1-13-10(12)8-5-7-3-2-4-9(7)11-6-8;1-10-7-4-5(8)2-3-6(7)9/h5-6H,2-4H2,1H3;2-4,9H,1H3. The van der Waals surface area contributed by atoms with Crippen molar-refractivity contribution in [1.29, 1.82) is 0 Å². The van der Waals surface area contributed by atoms with Gasteiger partial charge in [-0.1, -0.05) is 0 Å². The molecular formula is C17H18FNO4. The molecule has 0 saturated carbocycles. The van der Waals surface area contributed by atoms with Gasteiger partial charge in [-0.15, -0.1) is 0 Å². The van der Waals surface area contributed by atoms with Crippen molar-refractivity contribution in [3.05, 3.63) is 53.1 Å². The molecule has 1 N–H and O–H groups in total. The number of ether oxygens (including phenoxy) is 2. The van der Waals surface area contributed by atoms with E-state index in [9.17, 15) is 9.18 Å². The summed E-state index contributed by atoms with van der Waals surface area (Å²) in [5, 5.41) is 8.94. The maximum atomic E-state index is 12.3. The fourth-order valence-electron chi connectivity index (χ4n) is 2.31. The van der Waals surface area contributed by atoms with Crippen molar-refractivity contribution in [3.8, 4) is 11.5 Å². The van der Waals surface area contributed by atoms with Crippen LogP contribution in [0.5, 0.6) is 11.5 Å². The zero-order valence-electron chi connectivity index (χ0n) is 13.0. The third kappa shape index (κ3) is 4.18. The van der Waals surface area contributed by atoms with Crippen molar-refractivity contribution >= 4 is 5.97 Å². The number of phenolic OH excluding ortho intramolecular Hbond substituents is 1. The molecule has 23 heavy (non-hydrogen) atoms. The van der Waals surface area contributed by atoms with Crippen LogP contribution in [0.3, 0.4) is 0 Å². The Hall–Kier alpha value is -2.63. The van der Waals surface area contributed by atoms with Gasteiger partial charge in [0.05, 0.1) is 19.8 Å². The van der Waals surface area contributed by atoms with E-state index in [-0.39, 0.29) is 17.5 Å². The van der Waals surface area contributed by atoms with Crippen molar-refractivity contribution < 1.29 is 23.8 Å². The summed E-state index contributed by atoms with van der Waals surface area (Å²) in [4.78, 5) is 15.4. The number of carbonyl (C=O) groups excluding carboxylic acids is 1. The van der Waals surface area contributed by atoms with Crippen molar-refractivity contribution in [3.63, 3.8) is 0 Å². The number of carbonyl (C=O) groups is 1. The lowest BCUT2D eigenvalue weighted by molar-refractivity contribution is 0.0600. The number of aryl methyl sites for hydroxylation is 2. The highest BCUT2D eigenvalue weighted by Gasteiger charge is 2.15. The van der Waals surface area contributed by atoms with Gasteiger partial charge in [-0.2, -0.15) is 0 Å². The summed E-state index contributed by atoms with van der Waals surface area (Å²) in [6.07, 6.45) is 4.81. The van der Waals surface area contributed by atoms with E-state index in [0.717, 1.165) is 37.1 Å². The zero-order chi connectivity index (χ0) is 16.8. The number of aromatic nitrogens is 1. The molecule has 122 valence electrons. The van der Waals surface area contributed by atoms with Gasteiger partial charge in [0.2, 0.25) is 0 Å². The lowest BCUT2D eigenvalue weighted by Gasteiger charge is -2.01. The number of phenols is 1. The van der Waals surface area contributed by atoms with E-state index in [1.165, 1.54) is 25.8 Å². The van der Waals surface area contributed by atoms with Crippen molar-refractivity contribution in [2.24, 2.45) is 0 Å². The summed E-state index contributed by atoms with van der Waals surface area (Å²) in [6, 6.07) is 5.42. The number of methoxy groups -OCH3 is 2. The van der Waals surface area contributed by atoms with Crippen LogP contribution in [0, 0.1) is 5.82 Å². The van der Waals surface area contributed by atoms with Gasteiger partial charge in [-0.05, 0) is 43.0 Å². The van der Waals surface area contributed by atoms with Gasteiger partial charge in [0.25, 0.3) is 0 Å². The van der Waals surface area contributed by atoms with E-state index in [1.54, 1.807) is 6.20 Å². The third-order valence-electron chi connectivity index (χ3n) is 3.48. The quantitative estimate of drug-likeness (QED) is 0.862. The molecule has 0 atom stereocenters. The second-order valence-electron chi connectivity index (χ2n) is 4.99. The van der Waals surface area contributed by atoms with Gasteiger partial charge in [-0.3, -0.25) is 4.98 Å². The number of nitrogens with zero attached hydrogens (tertiary/aromatic N) is 1. The predicted octanol–water partition coefficient (Wildman–Crippen LogP) is 2.90. The SMILES string of the molecule is COC(=O)c1cnc2c(c1)CCC2.COc1cc(F)ccc1O. The van der Waals surface area contributed by atoms with Crippen LogP contribution in [-0.4, -0.2) is 30.3 Å². The van der Waals surface area contributed by atoms with Gasteiger partial charge in [0.1, 0.15) is 5.82 Å². The van der Waals surface area contributed by atoms with Gasteiger partial charge < -0.3 is 14.6 Å². The van der Waals surface area contributed by atoms with Crippen molar-refractivity contribution in [1.82, 2.24) is 4.98 Å². The summed E-state index contributed by atoms with van der Waals surface area (Å²) >= 11 is 0. The van der Waals surface area contributed by atoms with Crippen molar-refractivity contribution in [2.45, 2.75) is 19.3 Å². The van der Waals surface area contributed by atoms with Gasteiger partial charge >= 0.3 is 5.97 Å². The van der Waals surface area contributed by atoms with E-state index in [2.05, 4.69) is 14.5 Å². The molecule has 6 heteroatoms. The maximum Gasteiger partial charge on any atom is 0.339 e. The van der Waals surface area contributed by atoms with Crippen LogP contribution >= 0.6 is 0 Å². The molecule has 5 nitrogen and oxygen atoms in total. The summed E-state index contributed by atoms with van der Waals surface area (Å²) in [6.45, 7) is 0. The molecule has 1 heterocycles. The molecule has 0 radical (unpaired) electrons. The van der Waals surface area contributed by atoms with Crippen LogP contribution in [-0.2, 0) is 17.6 Å². The number of fused-ring (bicyclic) bond motifs is 1. The highest BCUT2D eigenvalue weighted by Crippen LogP contribution is 2.25. The van der Waals surface area contributed by atoms with Crippen LogP contribution in [0.25, 0.3) is 0 Å². The van der Waals surface area contributed by atoms with E-state index in [1.807, 2.05) is 6.07 Å². The molecule has 3 rings (SSSR count). The first-order valence-electron chi connectivity index (χ1n) is 7.13. The monoisotopic (exact) mass is 319 g/mol. The molecule has 0 spiro atoms. The van der Waals surface area contributed by atoms with E-state index < -0.39 is 5.82 Å². The lowest BCUT2D eigenvalue weighted by atomic mass is 10.1. The molecule has 0 aliphatic heterocycles. The Balaban J connectivity index is 0.000000174. The Kier molecular flexibility index (Phi) is 5.51. The number of benzene rings is 1. The smallest absolute Gasteiger partial charge is 0.339 e. The molecule has 0 bridgehead atoms. The first-order chi connectivity index (χ1) is 11.0. The fourth-order valence-corrected chi connectivity index (χ4v) is 2.31. The van der Waals surface area contributed by atoms with E-state index in [0.29, 0.717) is 5.56 Å². The fraction of sp³-hybridized carbons (Fsp3) is 0.294. The number of pyridine rings is 1. The van der Waals surface area contributed by atoms with Crippen LogP contribution < -0.4 is 4.74 Å². The molecule has 0 saturated heterocycles. The summed E-state index contributed by atoms with van der Waals surface area (Å²) in [5.41, 5.74) is 2.89. The molecule has 1 aliphatic carbocycles. The van der Waals surface area contributed by atoms with Gasteiger partial charge in [0, 0.05) is 18.0 Å². The zero-order valence-corrected chi connectivity index (χ0v) is 13.0. The minimum atomic E-state index is -0.422. The topological polar surface area (TPSA) is 68.7 Å². The molecular weight excluding hydrogens is 301 g/mol. The number of aromatic hydroxyl groups is 1. The second kappa shape index (κ2) is 7.58. The number of halogens is 1. The molecule has 1 aliphatic rings. The number of rotatable bonds is 2. The summed E-state index contributed by atoms with van der Waals surface area (Å²) < 4.78 is 21.6.